The molecule has 0 aliphatic rings. The second-order valence-corrected chi connectivity index (χ2v) is 3.98. The van der Waals surface area contributed by atoms with Crippen molar-refractivity contribution in [3.8, 4) is 0 Å². The molecule has 0 fully saturated rings. The lowest BCUT2D eigenvalue weighted by atomic mass is 10.1. The van der Waals surface area contributed by atoms with Crippen LogP contribution in [0.5, 0.6) is 0 Å². The van der Waals surface area contributed by atoms with Gasteiger partial charge < -0.3 is 5.32 Å². The molecule has 82 valence electrons. The Labute approximate surface area is 91.7 Å². The lowest BCUT2D eigenvalue weighted by Gasteiger charge is -2.11. The van der Waals surface area contributed by atoms with Gasteiger partial charge in [0.1, 0.15) is 0 Å². The Morgan fingerprint density at radius 1 is 1.33 bits per heavy atom. The van der Waals surface area contributed by atoms with Gasteiger partial charge in [0.25, 0.3) is 0 Å². The molecule has 1 aromatic rings. The number of hydrogen-bond acceptors (Lipinski definition) is 1. The third kappa shape index (κ3) is 5.21. The molecular weight excluding hydrogens is 186 g/mol. The van der Waals surface area contributed by atoms with Crippen LogP contribution in [0.4, 0.5) is 0 Å². The van der Waals surface area contributed by atoms with Crippen molar-refractivity contribution in [1.29, 1.82) is 0 Å². The van der Waals surface area contributed by atoms with Gasteiger partial charge in [-0.2, -0.15) is 0 Å². The van der Waals surface area contributed by atoms with Crippen molar-refractivity contribution in [2.75, 3.05) is 0 Å². The predicted octanol–water partition coefficient (Wildman–Crippen LogP) is 2.53. The van der Waals surface area contributed by atoms with Gasteiger partial charge in [-0.1, -0.05) is 30.3 Å². The van der Waals surface area contributed by atoms with Gasteiger partial charge in [0, 0.05) is 13.0 Å². The van der Waals surface area contributed by atoms with Gasteiger partial charge in [0.2, 0.25) is 5.91 Å². The van der Waals surface area contributed by atoms with Gasteiger partial charge in [-0.15, -0.1) is 0 Å². The highest BCUT2D eigenvalue weighted by Crippen LogP contribution is 2.06. The molecular formula is C13H19NO. The first kappa shape index (κ1) is 11.8. The van der Waals surface area contributed by atoms with Gasteiger partial charge in [0.15, 0.2) is 0 Å². The molecule has 2 heteroatoms. The van der Waals surface area contributed by atoms with Crippen molar-refractivity contribution in [3.05, 3.63) is 35.9 Å². The van der Waals surface area contributed by atoms with Crippen LogP contribution in [0, 0.1) is 0 Å². The molecule has 0 saturated carbocycles. The number of benzene rings is 1. The minimum atomic E-state index is 0.0576. The van der Waals surface area contributed by atoms with Crippen LogP contribution in [-0.2, 0) is 11.2 Å². The summed E-state index contributed by atoms with van der Waals surface area (Å²) in [6, 6.07) is 10.7. The minimum absolute atomic E-state index is 0.0576. The molecule has 0 saturated heterocycles. The van der Waals surface area contributed by atoms with Gasteiger partial charge in [-0.05, 0) is 31.7 Å². The monoisotopic (exact) mass is 205 g/mol. The molecule has 1 N–H and O–H groups in total. The molecule has 0 bridgehead atoms. The van der Waals surface area contributed by atoms with E-state index in [9.17, 15) is 4.79 Å². The quantitative estimate of drug-likeness (QED) is 0.786. The highest BCUT2D eigenvalue weighted by molar-refractivity contribution is 5.73. The third-order valence-electron chi connectivity index (χ3n) is 2.40. The molecule has 1 unspecified atom stereocenters. The first-order valence-electron chi connectivity index (χ1n) is 5.49. The van der Waals surface area contributed by atoms with E-state index in [0.29, 0.717) is 0 Å². The zero-order valence-electron chi connectivity index (χ0n) is 9.49. The van der Waals surface area contributed by atoms with Crippen LogP contribution < -0.4 is 5.32 Å². The largest absolute Gasteiger partial charge is 0.354 e. The Kier molecular flexibility index (Phi) is 4.88. The topological polar surface area (TPSA) is 29.1 Å². The normalized spacial score (nSPS) is 12.1. The van der Waals surface area contributed by atoms with Crippen LogP contribution >= 0.6 is 0 Å². The molecule has 0 radical (unpaired) electrons. The number of amides is 1. The smallest absolute Gasteiger partial charge is 0.217 e. The highest BCUT2D eigenvalue weighted by Gasteiger charge is 2.02. The average Bonchev–Trinajstić information content (AvgIpc) is 2.18. The Hall–Kier alpha value is -1.31. The van der Waals surface area contributed by atoms with Crippen LogP contribution in [0.1, 0.15) is 32.3 Å². The van der Waals surface area contributed by atoms with E-state index in [1.54, 1.807) is 6.92 Å². The predicted molar refractivity (Wildman–Crippen MR) is 62.7 cm³/mol. The van der Waals surface area contributed by atoms with E-state index in [-0.39, 0.29) is 11.9 Å². The lowest BCUT2D eigenvalue weighted by Crippen LogP contribution is -2.30. The average molecular weight is 205 g/mol. The summed E-state index contributed by atoms with van der Waals surface area (Å²) in [6.45, 7) is 3.61. The lowest BCUT2D eigenvalue weighted by molar-refractivity contribution is -0.119. The van der Waals surface area contributed by atoms with Crippen molar-refractivity contribution >= 4 is 5.91 Å². The Morgan fingerprint density at radius 2 is 2.00 bits per heavy atom. The molecule has 1 rings (SSSR count). The SMILES string of the molecule is CC(=O)NC(C)CCCc1ccccc1. The van der Waals surface area contributed by atoms with Crippen molar-refractivity contribution < 1.29 is 4.79 Å². The maximum Gasteiger partial charge on any atom is 0.217 e. The summed E-state index contributed by atoms with van der Waals surface area (Å²) in [4.78, 5) is 10.8. The second kappa shape index (κ2) is 6.23. The third-order valence-corrected chi connectivity index (χ3v) is 2.40. The summed E-state index contributed by atoms with van der Waals surface area (Å²) in [5.41, 5.74) is 1.37. The van der Waals surface area contributed by atoms with E-state index in [4.69, 9.17) is 0 Å². The Bertz CT molecular complexity index is 295. The molecule has 1 atom stereocenters. The summed E-state index contributed by atoms with van der Waals surface area (Å²) >= 11 is 0. The van der Waals surface area contributed by atoms with E-state index >= 15 is 0 Å². The van der Waals surface area contributed by atoms with Crippen molar-refractivity contribution in [3.63, 3.8) is 0 Å². The maximum atomic E-state index is 10.8. The van der Waals surface area contributed by atoms with E-state index in [0.717, 1.165) is 19.3 Å². The number of rotatable bonds is 5. The van der Waals surface area contributed by atoms with Crippen LogP contribution in [-0.4, -0.2) is 11.9 Å². The van der Waals surface area contributed by atoms with Crippen LogP contribution in [0.3, 0.4) is 0 Å². The summed E-state index contributed by atoms with van der Waals surface area (Å²) in [5.74, 6) is 0.0576. The molecule has 0 aliphatic carbocycles. The Balaban J connectivity index is 2.19. The molecule has 0 aliphatic heterocycles. The van der Waals surface area contributed by atoms with E-state index < -0.39 is 0 Å². The van der Waals surface area contributed by atoms with E-state index in [1.807, 2.05) is 13.0 Å². The van der Waals surface area contributed by atoms with Crippen molar-refractivity contribution in [1.82, 2.24) is 5.32 Å². The van der Waals surface area contributed by atoms with Gasteiger partial charge in [-0.3, -0.25) is 4.79 Å². The first-order valence-corrected chi connectivity index (χ1v) is 5.49. The number of aryl methyl sites for hydroxylation is 1. The molecule has 1 amide bonds. The molecule has 0 spiro atoms. The summed E-state index contributed by atoms with van der Waals surface area (Å²) in [5, 5.41) is 2.89. The second-order valence-electron chi connectivity index (χ2n) is 3.98. The van der Waals surface area contributed by atoms with Crippen LogP contribution in [0.25, 0.3) is 0 Å². The van der Waals surface area contributed by atoms with Gasteiger partial charge in [-0.25, -0.2) is 0 Å². The Morgan fingerprint density at radius 3 is 2.60 bits per heavy atom. The zero-order chi connectivity index (χ0) is 11.1. The zero-order valence-corrected chi connectivity index (χ0v) is 9.49. The van der Waals surface area contributed by atoms with Crippen molar-refractivity contribution in [2.24, 2.45) is 0 Å². The number of nitrogens with one attached hydrogen (secondary N) is 1. The van der Waals surface area contributed by atoms with Gasteiger partial charge in [0.05, 0.1) is 0 Å². The summed E-state index contributed by atoms with van der Waals surface area (Å²) in [7, 11) is 0. The standard InChI is InChI=1S/C13H19NO/c1-11(14-12(2)15)7-6-10-13-8-4-3-5-9-13/h3-5,8-9,11H,6-7,10H2,1-2H3,(H,14,15). The molecule has 2 nitrogen and oxygen atoms in total. The minimum Gasteiger partial charge on any atom is -0.354 e. The molecule has 15 heavy (non-hydrogen) atoms. The maximum absolute atomic E-state index is 10.8. The van der Waals surface area contributed by atoms with E-state index in [1.165, 1.54) is 5.56 Å². The fraction of sp³-hybridized carbons (Fsp3) is 0.462. The van der Waals surface area contributed by atoms with Crippen LogP contribution in [0.15, 0.2) is 30.3 Å². The highest BCUT2D eigenvalue weighted by atomic mass is 16.1. The van der Waals surface area contributed by atoms with Crippen molar-refractivity contribution in [2.45, 2.75) is 39.2 Å². The van der Waals surface area contributed by atoms with Crippen LogP contribution in [0.2, 0.25) is 0 Å². The fourth-order valence-corrected chi connectivity index (χ4v) is 1.68. The molecule has 0 aromatic heterocycles. The summed E-state index contributed by atoms with van der Waals surface area (Å²) < 4.78 is 0. The molecule has 0 heterocycles. The molecule has 1 aromatic carbocycles. The first-order chi connectivity index (χ1) is 7.18. The van der Waals surface area contributed by atoms with E-state index in [2.05, 4.69) is 29.6 Å². The van der Waals surface area contributed by atoms with Gasteiger partial charge >= 0.3 is 0 Å². The number of carbonyl (C=O) groups excluding carboxylic acids is 1. The fourth-order valence-electron chi connectivity index (χ4n) is 1.68. The number of hydrogen-bond donors (Lipinski definition) is 1. The number of carbonyl (C=O) groups is 1. The summed E-state index contributed by atoms with van der Waals surface area (Å²) in [6.07, 6.45) is 3.24.